The minimum atomic E-state index is 0.0773. The van der Waals surface area contributed by atoms with E-state index in [-0.39, 0.29) is 5.78 Å². The molecule has 1 aliphatic rings. The van der Waals surface area contributed by atoms with Crippen LogP contribution in [0.15, 0.2) is 12.4 Å². The Hall–Kier alpha value is -1.49. The van der Waals surface area contributed by atoms with Gasteiger partial charge in [0.2, 0.25) is 5.95 Å². The first-order valence-electron chi connectivity index (χ1n) is 5.49. The van der Waals surface area contributed by atoms with E-state index >= 15 is 0 Å². The lowest BCUT2D eigenvalue weighted by Gasteiger charge is -2.26. The number of hydrogen-bond donors (Lipinski definition) is 0. The summed E-state index contributed by atoms with van der Waals surface area (Å²) in [7, 11) is 0. The molecule has 2 rings (SSSR count). The molecule has 1 aromatic heterocycles. The van der Waals surface area contributed by atoms with Crippen LogP contribution in [0.4, 0.5) is 5.95 Å². The lowest BCUT2D eigenvalue weighted by Crippen LogP contribution is -2.37. The minimum absolute atomic E-state index is 0.0773. The molecule has 0 saturated carbocycles. The summed E-state index contributed by atoms with van der Waals surface area (Å²) in [6.07, 6.45) is 3.69. The number of hydrogen-bond acceptors (Lipinski definition) is 5. The van der Waals surface area contributed by atoms with E-state index in [0.29, 0.717) is 31.1 Å². The van der Waals surface area contributed by atoms with Crippen LogP contribution in [0, 0.1) is 0 Å². The maximum Gasteiger partial charge on any atom is 0.225 e. The topological polar surface area (TPSA) is 55.3 Å². The van der Waals surface area contributed by atoms with Crippen molar-refractivity contribution in [2.45, 2.75) is 13.3 Å². The van der Waals surface area contributed by atoms with E-state index in [1.165, 1.54) is 0 Å². The number of rotatable bonds is 3. The smallest absolute Gasteiger partial charge is 0.225 e. The number of ketones is 1. The molecule has 0 bridgehead atoms. The van der Waals surface area contributed by atoms with Gasteiger partial charge in [-0.05, 0) is 0 Å². The van der Waals surface area contributed by atoms with Crippen molar-refractivity contribution in [2.24, 2.45) is 0 Å². The SMILES string of the molecule is CCC(=O)c1cnc(N2CCOCC2)nc1. The van der Waals surface area contributed by atoms with Gasteiger partial charge in [-0.15, -0.1) is 0 Å². The summed E-state index contributed by atoms with van der Waals surface area (Å²) in [4.78, 5) is 21.9. The van der Waals surface area contributed by atoms with Crippen LogP contribution >= 0.6 is 0 Å². The normalized spacial score (nSPS) is 16.2. The molecule has 0 atom stereocenters. The second-order valence-electron chi connectivity index (χ2n) is 3.65. The Balaban J connectivity index is 2.09. The Labute approximate surface area is 94.5 Å². The number of aromatic nitrogens is 2. The van der Waals surface area contributed by atoms with E-state index in [0.717, 1.165) is 13.1 Å². The standard InChI is InChI=1S/C11H15N3O2/c1-2-10(15)9-7-12-11(13-8-9)14-3-5-16-6-4-14/h7-8H,2-6H2,1H3. The van der Waals surface area contributed by atoms with Crippen LogP contribution in [0.2, 0.25) is 0 Å². The number of morpholine rings is 1. The fraction of sp³-hybridized carbons (Fsp3) is 0.545. The Morgan fingerprint density at radius 1 is 1.38 bits per heavy atom. The molecular weight excluding hydrogens is 206 g/mol. The highest BCUT2D eigenvalue weighted by molar-refractivity contribution is 5.95. The average molecular weight is 221 g/mol. The van der Waals surface area contributed by atoms with Gasteiger partial charge in [0.05, 0.1) is 18.8 Å². The van der Waals surface area contributed by atoms with Gasteiger partial charge >= 0.3 is 0 Å². The predicted octanol–water partition coefficient (Wildman–Crippen LogP) is 0.906. The van der Waals surface area contributed by atoms with Gasteiger partial charge in [-0.25, -0.2) is 9.97 Å². The molecule has 0 aromatic carbocycles. The molecular formula is C11H15N3O2. The quantitative estimate of drug-likeness (QED) is 0.710. The number of carbonyl (C=O) groups excluding carboxylic acids is 1. The van der Waals surface area contributed by atoms with Gasteiger partial charge in [0.15, 0.2) is 5.78 Å². The first kappa shape index (κ1) is 11.0. The van der Waals surface area contributed by atoms with Gasteiger partial charge in [0, 0.05) is 31.9 Å². The summed E-state index contributed by atoms with van der Waals surface area (Å²) in [5, 5.41) is 0. The molecule has 2 heterocycles. The molecule has 86 valence electrons. The third kappa shape index (κ3) is 2.36. The van der Waals surface area contributed by atoms with Crippen LogP contribution in [-0.2, 0) is 4.74 Å². The van der Waals surface area contributed by atoms with Gasteiger partial charge in [0.25, 0.3) is 0 Å². The van der Waals surface area contributed by atoms with Crippen molar-refractivity contribution in [1.29, 1.82) is 0 Å². The second-order valence-corrected chi connectivity index (χ2v) is 3.65. The van der Waals surface area contributed by atoms with Crippen molar-refractivity contribution in [3.63, 3.8) is 0 Å². The van der Waals surface area contributed by atoms with E-state index in [9.17, 15) is 4.79 Å². The number of anilines is 1. The predicted molar refractivity (Wildman–Crippen MR) is 59.7 cm³/mol. The second kappa shape index (κ2) is 5.03. The zero-order valence-corrected chi connectivity index (χ0v) is 9.35. The third-order valence-corrected chi connectivity index (χ3v) is 2.58. The summed E-state index contributed by atoms with van der Waals surface area (Å²) in [6, 6.07) is 0. The maximum atomic E-state index is 11.4. The van der Waals surface area contributed by atoms with Gasteiger partial charge in [-0.2, -0.15) is 0 Å². The number of ether oxygens (including phenoxy) is 1. The number of carbonyl (C=O) groups is 1. The summed E-state index contributed by atoms with van der Waals surface area (Å²) < 4.78 is 5.25. The van der Waals surface area contributed by atoms with Crippen LogP contribution in [0.25, 0.3) is 0 Å². The highest BCUT2D eigenvalue weighted by Crippen LogP contribution is 2.10. The van der Waals surface area contributed by atoms with Crippen LogP contribution in [0.1, 0.15) is 23.7 Å². The van der Waals surface area contributed by atoms with Gasteiger partial charge in [0.1, 0.15) is 0 Å². The van der Waals surface area contributed by atoms with Crippen molar-refractivity contribution in [3.05, 3.63) is 18.0 Å². The molecule has 1 aliphatic heterocycles. The molecule has 5 nitrogen and oxygen atoms in total. The lowest BCUT2D eigenvalue weighted by molar-refractivity contribution is 0.0987. The van der Waals surface area contributed by atoms with Crippen molar-refractivity contribution >= 4 is 11.7 Å². The summed E-state index contributed by atoms with van der Waals surface area (Å²) in [5.74, 6) is 0.754. The van der Waals surface area contributed by atoms with Crippen LogP contribution in [0.5, 0.6) is 0 Å². The van der Waals surface area contributed by atoms with Gasteiger partial charge in [-0.3, -0.25) is 4.79 Å². The van der Waals surface area contributed by atoms with E-state index in [1.54, 1.807) is 12.4 Å². The molecule has 5 heteroatoms. The minimum Gasteiger partial charge on any atom is -0.378 e. The van der Waals surface area contributed by atoms with E-state index in [1.807, 2.05) is 6.92 Å². The van der Waals surface area contributed by atoms with E-state index in [2.05, 4.69) is 14.9 Å². The molecule has 0 spiro atoms. The van der Waals surface area contributed by atoms with Crippen LogP contribution < -0.4 is 4.90 Å². The fourth-order valence-corrected chi connectivity index (χ4v) is 1.60. The average Bonchev–Trinajstić information content (AvgIpc) is 2.39. The summed E-state index contributed by atoms with van der Waals surface area (Å²) >= 11 is 0. The molecule has 0 unspecified atom stereocenters. The first-order chi connectivity index (χ1) is 7.81. The van der Waals surface area contributed by atoms with Crippen molar-refractivity contribution in [2.75, 3.05) is 31.2 Å². The van der Waals surface area contributed by atoms with Crippen molar-refractivity contribution in [3.8, 4) is 0 Å². The molecule has 16 heavy (non-hydrogen) atoms. The van der Waals surface area contributed by atoms with Gasteiger partial charge in [-0.1, -0.05) is 6.92 Å². The van der Waals surface area contributed by atoms with E-state index < -0.39 is 0 Å². The molecule has 1 fully saturated rings. The number of nitrogens with zero attached hydrogens (tertiary/aromatic N) is 3. The molecule has 1 aromatic rings. The zero-order chi connectivity index (χ0) is 11.4. The first-order valence-corrected chi connectivity index (χ1v) is 5.49. The van der Waals surface area contributed by atoms with Crippen molar-refractivity contribution in [1.82, 2.24) is 9.97 Å². The maximum absolute atomic E-state index is 11.4. The van der Waals surface area contributed by atoms with Gasteiger partial charge < -0.3 is 9.64 Å². The highest BCUT2D eigenvalue weighted by Gasteiger charge is 2.14. The molecule has 0 amide bonds. The zero-order valence-electron chi connectivity index (χ0n) is 9.35. The molecule has 1 saturated heterocycles. The summed E-state index contributed by atoms with van der Waals surface area (Å²) in [6.45, 7) is 4.86. The lowest BCUT2D eigenvalue weighted by atomic mass is 10.2. The molecule has 0 N–H and O–H groups in total. The number of Topliss-reactive ketones (excluding diaryl/α,β-unsaturated/α-hetero) is 1. The Morgan fingerprint density at radius 3 is 2.56 bits per heavy atom. The Morgan fingerprint density at radius 2 is 2.00 bits per heavy atom. The fourth-order valence-electron chi connectivity index (χ4n) is 1.60. The summed E-state index contributed by atoms with van der Waals surface area (Å²) in [5.41, 5.74) is 0.583. The Kier molecular flexibility index (Phi) is 3.46. The van der Waals surface area contributed by atoms with Crippen LogP contribution in [0.3, 0.4) is 0 Å². The van der Waals surface area contributed by atoms with E-state index in [4.69, 9.17) is 4.74 Å². The molecule has 0 aliphatic carbocycles. The Bertz CT molecular complexity index is 358. The third-order valence-electron chi connectivity index (χ3n) is 2.58. The largest absolute Gasteiger partial charge is 0.378 e. The highest BCUT2D eigenvalue weighted by atomic mass is 16.5. The van der Waals surface area contributed by atoms with Crippen LogP contribution in [-0.4, -0.2) is 42.1 Å². The monoisotopic (exact) mass is 221 g/mol. The van der Waals surface area contributed by atoms with Crippen molar-refractivity contribution < 1.29 is 9.53 Å². The molecule has 0 radical (unpaired) electrons.